The summed E-state index contributed by atoms with van der Waals surface area (Å²) >= 11 is 2.22. The van der Waals surface area contributed by atoms with Crippen molar-refractivity contribution in [2.75, 3.05) is 5.32 Å². The molecule has 0 aliphatic carbocycles. The molecular weight excluding hydrogens is 381 g/mol. The van der Waals surface area contributed by atoms with Crippen LogP contribution < -0.4 is 5.32 Å². The summed E-state index contributed by atoms with van der Waals surface area (Å²) in [6.07, 6.45) is 0. The molecule has 2 rings (SSSR count). The molecule has 1 aromatic carbocycles. The van der Waals surface area contributed by atoms with E-state index in [-0.39, 0.29) is 18.2 Å². The van der Waals surface area contributed by atoms with Crippen molar-refractivity contribution in [1.29, 1.82) is 0 Å². The van der Waals surface area contributed by atoms with Crippen molar-refractivity contribution < 1.29 is 9.59 Å². The van der Waals surface area contributed by atoms with Crippen LogP contribution >= 0.6 is 22.6 Å². The lowest BCUT2D eigenvalue weighted by Crippen LogP contribution is -2.20. The van der Waals surface area contributed by atoms with Crippen molar-refractivity contribution in [3.63, 3.8) is 0 Å². The van der Waals surface area contributed by atoms with E-state index < -0.39 is 0 Å². The molecule has 2 aromatic rings. The van der Waals surface area contributed by atoms with E-state index in [0.29, 0.717) is 11.3 Å². The maximum Gasteiger partial charge on any atom is 0.246 e. The molecule has 0 atom stereocenters. The van der Waals surface area contributed by atoms with Gasteiger partial charge in [0.05, 0.1) is 9.26 Å². The summed E-state index contributed by atoms with van der Waals surface area (Å²) < 4.78 is 2.75. The predicted molar refractivity (Wildman–Crippen MR) is 89.5 cm³/mol. The number of amides is 1. The molecule has 0 fully saturated rings. The third-order valence-electron chi connectivity index (χ3n) is 3.14. The number of aryl methyl sites for hydroxylation is 1. The highest BCUT2D eigenvalue weighted by Crippen LogP contribution is 2.16. The first-order valence-corrected chi connectivity index (χ1v) is 7.56. The molecule has 110 valence electrons. The third-order valence-corrected chi connectivity index (χ3v) is 4.70. The Morgan fingerprint density at radius 2 is 2.05 bits per heavy atom. The van der Waals surface area contributed by atoms with Gasteiger partial charge in [0.1, 0.15) is 6.54 Å². The Balaban J connectivity index is 2.10. The van der Waals surface area contributed by atoms with Crippen molar-refractivity contribution >= 4 is 40.0 Å². The summed E-state index contributed by atoms with van der Waals surface area (Å²) in [5.41, 5.74) is 3.08. The SMILES string of the molecule is CC(=O)c1cccc(NC(=O)Cn2nc(C)c(I)c2C)c1. The highest BCUT2D eigenvalue weighted by Gasteiger charge is 2.12. The third kappa shape index (κ3) is 3.69. The number of halogens is 1. The first kappa shape index (κ1) is 15.7. The van der Waals surface area contributed by atoms with Crippen LogP contribution in [0.15, 0.2) is 24.3 Å². The molecule has 0 radical (unpaired) electrons. The van der Waals surface area contributed by atoms with Gasteiger partial charge in [-0.2, -0.15) is 5.10 Å². The molecule has 0 unspecified atom stereocenters. The van der Waals surface area contributed by atoms with E-state index in [0.717, 1.165) is 15.0 Å². The lowest BCUT2D eigenvalue weighted by molar-refractivity contribution is -0.116. The van der Waals surface area contributed by atoms with E-state index in [1.807, 2.05) is 13.8 Å². The van der Waals surface area contributed by atoms with E-state index in [2.05, 4.69) is 33.0 Å². The molecule has 5 nitrogen and oxygen atoms in total. The van der Waals surface area contributed by atoms with Gasteiger partial charge in [-0.25, -0.2) is 0 Å². The minimum absolute atomic E-state index is 0.0285. The maximum atomic E-state index is 12.1. The summed E-state index contributed by atoms with van der Waals surface area (Å²) in [5.74, 6) is -0.197. The number of carbonyl (C=O) groups is 2. The molecule has 1 aromatic heterocycles. The van der Waals surface area contributed by atoms with Crippen LogP contribution in [0.3, 0.4) is 0 Å². The van der Waals surface area contributed by atoms with Crippen LogP contribution in [0.25, 0.3) is 0 Å². The molecule has 0 spiro atoms. The lowest BCUT2D eigenvalue weighted by atomic mass is 10.1. The number of hydrogen-bond donors (Lipinski definition) is 1. The van der Waals surface area contributed by atoms with Gasteiger partial charge in [-0.3, -0.25) is 14.3 Å². The molecule has 1 heterocycles. The number of aromatic nitrogens is 2. The average molecular weight is 397 g/mol. The molecule has 1 N–H and O–H groups in total. The van der Waals surface area contributed by atoms with Crippen LogP contribution in [0.5, 0.6) is 0 Å². The van der Waals surface area contributed by atoms with Gasteiger partial charge in [0.25, 0.3) is 0 Å². The van der Waals surface area contributed by atoms with Gasteiger partial charge in [-0.15, -0.1) is 0 Å². The van der Waals surface area contributed by atoms with Crippen molar-refractivity contribution in [2.45, 2.75) is 27.3 Å². The quantitative estimate of drug-likeness (QED) is 0.638. The van der Waals surface area contributed by atoms with Crippen LogP contribution in [0, 0.1) is 17.4 Å². The summed E-state index contributed by atoms with van der Waals surface area (Å²) in [7, 11) is 0. The van der Waals surface area contributed by atoms with Crippen LogP contribution in [0.4, 0.5) is 5.69 Å². The highest BCUT2D eigenvalue weighted by molar-refractivity contribution is 14.1. The van der Waals surface area contributed by atoms with Crippen molar-refractivity contribution in [1.82, 2.24) is 9.78 Å². The van der Waals surface area contributed by atoms with Crippen molar-refractivity contribution in [2.24, 2.45) is 0 Å². The largest absolute Gasteiger partial charge is 0.324 e. The fraction of sp³-hybridized carbons (Fsp3) is 0.267. The number of Topliss-reactive ketones (excluding diaryl/α,β-unsaturated/α-hetero) is 1. The number of hydrogen-bond acceptors (Lipinski definition) is 3. The van der Waals surface area contributed by atoms with Crippen molar-refractivity contribution in [3.8, 4) is 0 Å². The minimum Gasteiger partial charge on any atom is -0.324 e. The first-order valence-electron chi connectivity index (χ1n) is 6.49. The Kier molecular flexibility index (Phi) is 4.76. The Hall–Kier alpha value is -1.70. The standard InChI is InChI=1S/C15H16IN3O2/c1-9-15(16)10(2)19(18-9)8-14(21)17-13-6-4-5-12(7-13)11(3)20/h4-7H,8H2,1-3H3,(H,17,21). The number of anilines is 1. The van der Waals surface area contributed by atoms with Gasteiger partial charge >= 0.3 is 0 Å². The van der Waals surface area contributed by atoms with Crippen LogP contribution in [0.2, 0.25) is 0 Å². The Morgan fingerprint density at radius 3 is 2.62 bits per heavy atom. The van der Waals surface area contributed by atoms with E-state index in [4.69, 9.17) is 0 Å². The number of benzene rings is 1. The topological polar surface area (TPSA) is 64.0 Å². The Labute approximate surface area is 136 Å². The minimum atomic E-state index is -0.169. The fourth-order valence-corrected chi connectivity index (χ4v) is 2.37. The number of carbonyl (C=O) groups excluding carboxylic acids is 2. The first-order chi connectivity index (χ1) is 9.88. The molecular formula is C15H16IN3O2. The summed E-state index contributed by atoms with van der Waals surface area (Å²) in [6, 6.07) is 6.90. The second-order valence-corrected chi connectivity index (χ2v) is 5.91. The summed E-state index contributed by atoms with van der Waals surface area (Å²) in [4.78, 5) is 23.4. The number of ketones is 1. The molecule has 6 heteroatoms. The number of nitrogens with one attached hydrogen (secondary N) is 1. The smallest absolute Gasteiger partial charge is 0.246 e. The zero-order valence-electron chi connectivity index (χ0n) is 12.1. The Morgan fingerprint density at radius 1 is 1.33 bits per heavy atom. The van der Waals surface area contributed by atoms with Crippen LogP contribution in [0.1, 0.15) is 28.7 Å². The summed E-state index contributed by atoms with van der Waals surface area (Å²) in [5, 5.41) is 7.12. The molecule has 0 saturated carbocycles. The zero-order valence-corrected chi connectivity index (χ0v) is 14.3. The van der Waals surface area contributed by atoms with Gasteiger partial charge in [0.15, 0.2) is 5.78 Å². The van der Waals surface area contributed by atoms with E-state index in [9.17, 15) is 9.59 Å². The molecule has 0 saturated heterocycles. The second kappa shape index (κ2) is 6.38. The van der Waals surface area contributed by atoms with Crippen LogP contribution in [-0.4, -0.2) is 21.5 Å². The van der Waals surface area contributed by atoms with E-state index in [1.54, 1.807) is 28.9 Å². The zero-order chi connectivity index (χ0) is 15.6. The maximum absolute atomic E-state index is 12.1. The molecule has 0 aliphatic heterocycles. The van der Waals surface area contributed by atoms with Crippen molar-refractivity contribution in [3.05, 3.63) is 44.8 Å². The monoisotopic (exact) mass is 397 g/mol. The average Bonchev–Trinajstić information content (AvgIpc) is 2.66. The summed E-state index contributed by atoms with van der Waals surface area (Å²) in [6.45, 7) is 5.50. The van der Waals surface area contributed by atoms with E-state index >= 15 is 0 Å². The van der Waals surface area contributed by atoms with E-state index in [1.165, 1.54) is 6.92 Å². The molecule has 1 amide bonds. The predicted octanol–water partition coefficient (Wildman–Crippen LogP) is 2.95. The Bertz CT molecular complexity index is 707. The van der Waals surface area contributed by atoms with Gasteiger partial charge in [0.2, 0.25) is 5.91 Å². The molecule has 0 bridgehead atoms. The fourth-order valence-electron chi connectivity index (χ4n) is 1.98. The second-order valence-electron chi connectivity index (χ2n) is 4.83. The van der Waals surface area contributed by atoms with Gasteiger partial charge in [-0.1, -0.05) is 12.1 Å². The highest BCUT2D eigenvalue weighted by atomic mass is 127. The molecule has 0 aliphatic rings. The molecule has 21 heavy (non-hydrogen) atoms. The normalized spacial score (nSPS) is 10.5. The van der Waals surface area contributed by atoms with Gasteiger partial charge in [0, 0.05) is 16.9 Å². The lowest BCUT2D eigenvalue weighted by Gasteiger charge is -2.07. The number of nitrogens with zero attached hydrogens (tertiary/aromatic N) is 2. The number of rotatable bonds is 4. The van der Waals surface area contributed by atoms with Gasteiger partial charge < -0.3 is 5.32 Å². The van der Waals surface area contributed by atoms with Gasteiger partial charge in [-0.05, 0) is 55.5 Å². The van der Waals surface area contributed by atoms with Crippen LogP contribution in [-0.2, 0) is 11.3 Å².